The number of hydrogen-bond acceptors (Lipinski definition) is 1. The van der Waals surface area contributed by atoms with Gasteiger partial charge in [-0.15, -0.1) is 0 Å². The molecule has 0 saturated heterocycles. The summed E-state index contributed by atoms with van der Waals surface area (Å²) >= 11 is 0. The molecule has 1 aliphatic carbocycles. The number of nitrogens with one attached hydrogen (secondary N) is 1. The molecule has 1 saturated carbocycles. The smallest absolute Gasteiger partial charge is 0.123 e. The SMILES string of the molecule is CCNC(c1cc(C)cc(F)c1)C1(CC)CCCC1. The van der Waals surface area contributed by atoms with E-state index in [1.54, 1.807) is 12.1 Å². The monoisotopic (exact) mass is 263 g/mol. The van der Waals surface area contributed by atoms with Gasteiger partial charge in [-0.1, -0.05) is 32.8 Å². The van der Waals surface area contributed by atoms with E-state index in [9.17, 15) is 4.39 Å². The maximum Gasteiger partial charge on any atom is 0.123 e. The van der Waals surface area contributed by atoms with Crippen molar-refractivity contribution in [3.05, 3.63) is 35.1 Å². The molecule has 1 atom stereocenters. The summed E-state index contributed by atoms with van der Waals surface area (Å²) in [6, 6.07) is 5.77. The second-order valence-corrected chi connectivity index (χ2v) is 5.98. The molecule has 2 heteroatoms. The standard InChI is InChI=1S/C17H26FN/c1-4-17(8-6-7-9-17)16(19-5-2)14-10-13(3)11-15(18)12-14/h10-12,16,19H,4-9H2,1-3H3. The zero-order valence-corrected chi connectivity index (χ0v) is 12.4. The van der Waals surface area contributed by atoms with Gasteiger partial charge in [-0.25, -0.2) is 4.39 Å². The van der Waals surface area contributed by atoms with Gasteiger partial charge >= 0.3 is 0 Å². The highest BCUT2D eigenvalue weighted by Crippen LogP contribution is 2.50. The van der Waals surface area contributed by atoms with E-state index in [2.05, 4.69) is 25.2 Å². The number of halogens is 1. The maximum absolute atomic E-state index is 13.7. The van der Waals surface area contributed by atoms with E-state index >= 15 is 0 Å². The van der Waals surface area contributed by atoms with Crippen LogP contribution in [0.15, 0.2) is 18.2 Å². The summed E-state index contributed by atoms with van der Waals surface area (Å²) in [6.07, 6.45) is 6.31. The van der Waals surface area contributed by atoms with E-state index in [0.29, 0.717) is 11.5 Å². The predicted molar refractivity (Wildman–Crippen MR) is 78.7 cm³/mol. The van der Waals surface area contributed by atoms with Gasteiger partial charge in [0.2, 0.25) is 0 Å². The molecule has 2 rings (SSSR count). The first kappa shape index (κ1) is 14.5. The van der Waals surface area contributed by atoms with E-state index in [1.807, 2.05) is 6.92 Å². The Hall–Kier alpha value is -0.890. The summed E-state index contributed by atoms with van der Waals surface area (Å²) in [5.74, 6) is -0.109. The first-order chi connectivity index (χ1) is 9.11. The van der Waals surface area contributed by atoms with Crippen molar-refractivity contribution in [3.63, 3.8) is 0 Å². The maximum atomic E-state index is 13.7. The van der Waals surface area contributed by atoms with Gasteiger partial charge in [0.05, 0.1) is 0 Å². The first-order valence-electron chi connectivity index (χ1n) is 7.62. The minimum absolute atomic E-state index is 0.109. The molecule has 0 aromatic heterocycles. The van der Waals surface area contributed by atoms with Crippen LogP contribution < -0.4 is 5.32 Å². The molecule has 0 spiro atoms. The van der Waals surface area contributed by atoms with E-state index in [0.717, 1.165) is 17.7 Å². The molecule has 106 valence electrons. The van der Waals surface area contributed by atoms with Crippen molar-refractivity contribution in [2.24, 2.45) is 5.41 Å². The molecule has 1 aromatic carbocycles. The molecule has 0 amide bonds. The fourth-order valence-corrected chi connectivity index (χ4v) is 3.75. The molecular weight excluding hydrogens is 237 g/mol. The van der Waals surface area contributed by atoms with E-state index in [-0.39, 0.29) is 5.82 Å². The van der Waals surface area contributed by atoms with Crippen LogP contribution in [0.5, 0.6) is 0 Å². The largest absolute Gasteiger partial charge is 0.310 e. The van der Waals surface area contributed by atoms with Gasteiger partial charge < -0.3 is 5.32 Å². The lowest BCUT2D eigenvalue weighted by Gasteiger charge is -2.38. The molecule has 0 aliphatic heterocycles. The van der Waals surface area contributed by atoms with Gasteiger partial charge in [-0.2, -0.15) is 0 Å². The summed E-state index contributed by atoms with van der Waals surface area (Å²) in [5.41, 5.74) is 2.46. The third-order valence-corrected chi connectivity index (χ3v) is 4.72. The van der Waals surface area contributed by atoms with Crippen LogP contribution in [-0.4, -0.2) is 6.54 Å². The van der Waals surface area contributed by atoms with Crippen LogP contribution in [0.25, 0.3) is 0 Å². The molecule has 1 nitrogen and oxygen atoms in total. The Balaban J connectivity index is 2.38. The van der Waals surface area contributed by atoms with E-state index in [1.165, 1.54) is 32.1 Å². The summed E-state index contributed by atoms with van der Waals surface area (Å²) in [7, 11) is 0. The zero-order chi connectivity index (χ0) is 13.9. The number of rotatable bonds is 5. The minimum Gasteiger partial charge on any atom is -0.310 e. The topological polar surface area (TPSA) is 12.0 Å². The van der Waals surface area contributed by atoms with Crippen molar-refractivity contribution >= 4 is 0 Å². The highest BCUT2D eigenvalue weighted by Gasteiger charge is 2.40. The van der Waals surface area contributed by atoms with Crippen LogP contribution in [0.4, 0.5) is 4.39 Å². The van der Waals surface area contributed by atoms with Crippen molar-refractivity contribution < 1.29 is 4.39 Å². The van der Waals surface area contributed by atoms with Gasteiger partial charge in [0.25, 0.3) is 0 Å². The highest BCUT2D eigenvalue weighted by atomic mass is 19.1. The Morgan fingerprint density at radius 3 is 2.42 bits per heavy atom. The van der Waals surface area contributed by atoms with E-state index < -0.39 is 0 Å². The first-order valence-corrected chi connectivity index (χ1v) is 7.62. The summed E-state index contributed by atoms with van der Waals surface area (Å²) in [4.78, 5) is 0. The van der Waals surface area contributed by atoms with Crippen LogP contribution >= 0.6 is 0 Å². The minimum atomic E-state index is -0.109. The van der Waals surface area contributed by atoms with Crippen LogP contribution in [0.2, 0.25) is 0 Å². The Labute approximate surface area is 116 Å². The third kappa shape index (κ3) is 3.00. The van der Waals surface area contributed by atoms with Crippen LogP contribution in [0.1, 0.15) is 63.1 Å². The zero-order valence-electron chi connectivity index (χ0n) is 12.4. The molecule has 0 radical (unpaired) electrons. The number of benzene rings is 1. The fraction of sp³-hybridized carbons (Fsp3) is 0.647. The van der Waals surface area contributed by atoms with Crippen molar-refractivity contribution in [1.82, 2.24) is 5.32 Å². The lowest BCUT2D eigenvalue weighted by atomic mass is 9.73. The van der Waals surface area contributed by atoms with Crippen LogP contribution in [0.3, 0.4) is 0 Å². The normalized spacial score (nSPS) is 19.6. The Morgan fingerprint density at radius 2 is 1.89 bits per heavy atom. The second-order valence-electron chi connectivity index (χ2n) is 5.98. The van der Waals surface area contributed by atoms with E-state index in [4.69, 9.17) is 0 Å². The van der Waals surface area contributed by atoms with Crippen molar-refractivity contribution in [1.29, 1.82) is 0 Å². The second kappa shape index (κ2) is 6.04. The van der Waals surface area contributed by atoms with Gasteiger partial charge in [0.1, 0.15) is 5.82 Å². The molecule has 1 fully saturated rings. The fourth-order valence-electron chi connectivity index (χ4n) is 3.75. The molecule has 1 aromatic rings. The summed E-state index contributed by atoms with van der Waals surface area (Å²) < 4.78 is 13.7. The van der Waals surface area contributed by atoms with Gasteiger partial charge in [0.15, 0.2) is 0 Å². The summed E-state index contributed by atoms with van der Waals surface area (Å²) in [5, 5.41) is 3.62. The molecular formula is C17H26FN. The van der Waals surface area contributed by atoms with Crippen LogP contribution in [0, 0.1) is 18.2 Å². The molecule has 0 heterocycles. The molecule has 19 heavy (non-hydrogen) atoms. The van der Waals surface area contributed by atoms with Gasteiger partial charge in [-0.3, -0.25) is 0 Å². The Kier molecular flexibility index (Phi) is 4.62. The predicted octanol–water partition coefficient (Wildman–Crippen LogP) is 4.76. The molecule has 1 aliphatic rings. The van der Waals surface area contributed by atoms with Crippen molar-refractivity contribution in [2.75, 3.05) is 6.54 Å². The highest BCUT2D eigenvalue weighted by molar-refractivity contribution is 5.28. The Morgan fingerprint density at radius 1 is 1.21 bits per heavy atom. The summed E-state index contributed by atoms with van der Waals surface area (Å²) in [6.45, 7) is 7.32. The van der Waals surface area contributed by atoms with Gasteiger partial charge in [-0.05, 0) is 61.4 Å². The number of hydrogen-bond donors (Lipinski definition) is 1. The van der Waals surface area contributed by atoms with Crippen LogP contribution in [-0.2, 0) is 0 Å². The Bertz CT molecular complexity index is 401. The lowest BCUT2D eigenvalue weighted by Crippen LogP contribution is -2.36. The quantitative estimate of drug-likeness (QED) is 0.808. The van der Waals surface area contributed by atoms with Gasteiger partial charge in [0, 0.05) is 6.04 Å². The van der Waals surface area contributed by atoms with Crippen molar-refractivity contribution in [3.8, 4) is 0 Å². The average Bonchev–Trinajstić information content (AvgIpc) is 2.84. The third-order valence-electron chi connectivity index (χ3n) is 4.72. The van der Waals surface area contributed by atoms with Crippen molar-refractivity contribution in [2.45, 2.75) is 58.9 Å². The molecule has 0 bridgehead atoms. The number of aryl methyl sites for hydroxylation is 1. The average molecular weight is 263 g/mol. The lowest BCUT2D eigenvalue weighted by molar-refractivity contribution is 0.188. The molecule has 1 N–H and O–H groups in total. The molecule has 1 unspecified atom stereocenters.